The average molecular weight is 401 g/mol. The summed E-state index contributed by atoms with van der Waals surface area (Å²) in [5.41, 5.74) is 6.76. The smallest absolute Gasteiger partial charge is 0.339 e. The molecular formula is C16H12IN3O2. The summed E-state index contributed by atoms with van der Waals surface area (Å²) in [5.74, 6) is 1.55. The first-order valence-corrected chi connectivity index (χ1v) is 7.59. The Hall–Kier alpha value is -2.35. The molecule has 0 saturated heterocycles. The van der Waals surface area contributed by atoms with Gasteiger partial charge in [0.05, 0.1) is 9.26 Å². The zero-order valence-corrected chi connectivity index (χ0v) is 13.6. The maximum absolute atomic E-state index is 11.1. The van der Waals surface area contributed by atoms with Crippen LogP contribution in [0.2, 0.25) is 0 Å². The lowest BCUT2D eigenvalue weighted by Crippen LogP contribution is -2.19. The van der Waals surface area contributed by atoms with Crippen molar-refractivity contribution in [2.24, 2.45) is 5.73 Å². The summed E-state index contributed by atoms with van der Waals surface area (Å²) in [5, 5.41) is 4.13. The van der Waals surface area contributed by atoms with E-state index in [1.165, 1.54) is 0 Å². The van der Waals surface area contributed by atoms with Crippen molar-refractivity contribution in [1.82, 2.24) is 9.78 Å². The first-order valence-electron chi connectivity index (χ1n) is 6.52. The molecule has 3 rings (SSSR count). The van der Waals surface area contributed by atoms with Crippen LogP contribution in [0, 0.1) is 3.57 Å². The van der Waals surface area contributed by atoms with Crippen LogP contribution in [-0.2, 0) is 0 Å². The third-order valence-electron chi connectivity index (χ3n) is 3.01. The van der Waals surface area contributed by atoms with E-state index in [1.54, 1.807) is 12.3 Å². The molecule has 5 nitrogen and oxygen atoms in total. The van der Waals surface area contributed by atoms with E-state index in [0.717, 1.165) is 25.3 Å². The van der Waals surface area contributed by atoms with Gasteiger partial charge in [0.1, 0.15) is 11.5 Å². The maximum Gasteiger partial charge on any atom is 0.339 e. The lowest BCUT2D eigenvalue weighted by atomic mass is 10.1. The number of hydrogen-bond donors (Lipinski definition) is 1. The molecule has 0 aliphatic heterocycles. The van der Waals surface area contributed by atoms with Gasteiger partial charge in [-0.25, -0.2) is 4.79 Å². The highest BCUT2D eigenvalue weighted by Crippen LogP contribution is 2.30. The van der Waals surface area contributed by atoms with Gasteiger partial charge in [-0.15, -0.1) is 0 Å². The summed E-state index contributed by atoms with van der Waals surface area (Å²) in [6.07, 6.45) is 1.54. The van der Waals surface area contributed by atoms with Crippen molar-refractivity contribution < 1.29 is 9.53 Å². The number of nitrogens with two attached hydrogens (primary N) is 1. The Bertz CT molecular complexity index is 815. The minimum atomic E-state index is -0.607. The monoisotopic (exact) mass is 401 g/mol. The Kier molecular flexibility index (Phi) is 4.10. The van der Waals surface area contributed by atoms with Gasteiger partial charge in [-0.3, -0.25) is 0 Å². The number of hydrogen-bond acceptors (Lipinski definition) is 3. The van der Waals surface area contributed by atoms with Crippen molar-refractivity contribution in [3.05, 3.63) is 64.4 Å². The first kappa shape index (κ1) is 14.6. The molecule has 1 aromatic heterocycles. The number of benzene rings is 2. The lowest BCUT2D eigenvalue weighted by Gasteiger charge is -2.08. The fourth-order valence-corrected chi connectivity index (χ4v) is 2.58. The molecule has 0 spiro atoms. The zero-order valence-electron chi connectivity index (χ0n) is 11.4. The van der Waals surface area contributed by atoms with Crippen LogP contribution < -0.4 is 10.5 Å². The zero-order chi connectivity index (χ0) is 15.5. The first-order chi connectivity index (χ1) is 10.6. The molecule has 110 valence electrons. The topological polar surface area (TPSA) is 70.1 Å². The van der Waals surface area contributed by atoms with Crippen LogP contribution in [0.3, 0.4) is 0 Å². The van der Waals surface area contributed by atoms with Gasteiger partial charge in [-0.1, -0.05) is 18.2 Å². The van der Waals surface area contributed by atoms with Gasteiger partial charge in [-0.05, 0) is 59.0 Å². The number of carbonyl (C=O) groups excluding carboxylic acids is 1. The molecule has 0 atom stereocenters. The minimum absolute atomic E-state index is 0.607. The molecule has 22 heavy (non-hydrogen) atoms. The highest BCUT2D eigenvalue weighted by Gasteiger charge is 2.09. The van der Waals surface area contributed by atoms with Gasteiger partial charge in [-0.2, -0.15) is 9.78 Å². The summed E-state index contributed by atoms with van der Waals surface area (Å²) in [4.78, 5) is 11.1. The van der Waals surface area contributed by atoms with Crippen molar-refractivity contribution in [3.8, 4) is 22.8 Å². The molecule has 0 aliphatic carbocycles. The Balaban J connectivity index is 1.87. The molecule has 3 aromatic rings. The fourth-order valence-electron chi connectivity index (χ4n) is 1.96. The van der Waals surface area contributed by atoms with E-state index in [4.69, 9.17) is 10.5 Å². The molecule has 0 aliphatic rings. The van der Waals surface area contributed by atoms with Crippen LogP contribution in [0.1, 0.15) is 0 Å². The Morgan fingerprint density at radius 1 is 1.14 bits per heavy atom. The summed E-state index contributed by atoms with van der Waals surface area (Å²) in [7, 11) is 0. The van der Waals surface area contributed by atoms with Crippen LogP contribution in [0.15, 0.2) is 60.8 Å². The molecule has 0 radical (unpaired) electrons. The molecule has 2 N–H and O–H groups in total. The quantitative estimate of drug-likeness (QED) is 0.678. The fraction of sp³-hybridized carbons (Fsp3) is 0. The van der Waals surface area contributed by atoms with E-state index in [-0.39, 0.29) is 0 Å². The van der Waals surface area contributed by atoms with Gasteiger partial charge in [0, 0.05) is 11.8 Å². The molecule has 1 heterocycles. The van der Waals surface area contributed by atoms with Crippen molar-refractivity contribution in [3.63, 3.8) is 0 Å². The van der Waals surface area contributed by atoms with E-state index in [0.29, 0.717) is 5.69 Å². The predicted octanol–water partition coefficient (Wildman–Crippen LogP) is 3.87. The number of carbonyl (C=O) groups is 1. The van der Waals surface area contributed by atoms with E-state index in [9.17, 15) is 4.79 Å². The number of rotatable bonds is 3. The van der Waals surface area contributed by atoms with Crippen LogP contribution in [0.25, 0.3) is 11.3 Å². The Morgan fingerprint density at radius 2 is 1.91 bits per heavy atom. The number of ether oxygens (including phenoxy) is 1. The molecule has 0 saturated carbocycles. The molecular weight excluding hydrogens is 389 g/mol. The largest absolute Gasteiger partial charge is 0.456 e. The van der Waals surface area contributed by atoms with E-state index >= 15 is 0 Å². The molecule has 1 amide bonds. The third-order valence-corrected chi connectivity index (χ3v) is 3.86. The summed E-state index contributed by atoms with van der Waals surface area (Å²) < 4.78 is 7.90. The molecule has 6 heteroatoms. The van der Waals surface area contributed by atoms with Crippen LogP contribution in [0.4, 0.5) is 4.79 Å². The summed E-state index contributed by atoms with van der Waals surface area (Å²) >= 11 is 2.21. The molecule has 0 unspecified atom stereocenters. The SMILES string of the molecule is NC(=O)n1ccc(-c2ccc(Oc3ccccc3)c([123I])c2)n1. The van der Waals surface area contributed by atoms with Crippen LogP contribution in [0.5, 0.6) is 11.5 Å². The lowest BCUT2D eigenvalue weighted by molar-refractivity contribution is 0.248. The van der Waals surface area contributed by atoms with E-state index in [2.05, 4.69) is 27.7 Å². The average Bonchev–Trinajstić information content (AvgIpc) is 3.00. The number of primary amides is 1. The standard InChI is InChI=1S/C16H12IN3O2/c17-13-10-11(14-8-9-20(19-14)16(18)21)6-7-15(13)22-12-4-2-1-3-5-12/h1-10H,(H2,18,21)/i17-4. The van der Waals surface area contributed by atoms with Gasteiger partial charge in [0.25, 0.3) is 0 Å². The van der Waals surface area contributed by atoms with Gasteiger partial charge in [0.15, 0.2) is 0 Å². The van der Waals surface area contributed by atoms with Crippen molar-refractivity contribution in [2.75, 3.05) is 0 Å². The third kappa shape index (κ3) is 3.11. The minimum Gasteiger partial charge on any atom is -0.456 e. The highest BCUT2D eigenvalue weighted by molar-refractivity contribution is 14.1. The molecule has 2 aromatic carbocycles. The molecule has 0 bridgehead atoms. The number of nitrogens with zero attached hydrogens (tertiary/aromatic N) is 2. The second kappa shape index (κ2) is 6.18. The predicted molar refractivity (Wildman–Crippen MR) is 91.9 cm³/mol. The summed E-state index contributed by atoms with van der Waals surface area (Å²) in [6.45, 7) is 0. The van der Waals surface area contributed by atoms with Crippen molar-refractivity contribution in [1.29, 1.82) is 0 Å². The van der Waals surface area contributed by atoms with Crippen molar-refractivity contribution in [2.45, 2.75) is 0 Å². The van der Waals surface area contributed by atoms with Gasteiger partial charge in [0.2, 0.25) is 0 Å². The normalized spacial score (nSPS) is 10.4. The van der Waals surface area contributed by atoms with E-state index in [1.807, 2.05) is 48.5 Å². The van der Waals surface area contributed by atoms with Gasteiger partial charge < -0.3 is 10.5 Å². The van der Waals surface area contributed by atoms with Crippen LogP contribution in [-0.4, -0.2) is 15.8 Å². The second-order valence-corrected chi connectivity index (χ2v) is 5.71. The number of amides is 1. The Labute approximate surface area is 140 Å². The Morgan fingerprint density at radius 3 is 2.55 bits per heavy atom. The highest BCUT2D eigenvalue weighted by atomic mass is 123. The van der Waals surface area contributed by atoms with Crippen LogP contribution >= 0.6 is 22.6 Å². The maximum atomic E-state index is 11.1. The molecule has 0 fully saturated rings. The number of halogens is 1. The van der Waals surface area contributed by atoms with Crippen molar-refractivity contribution >= 4 is 28.6 Å². The summed E-state index contributed by atoms with van der Waals surface area (Å²) in [6, 6.07) is 16.5. The van der Waals surface area contributed by atoms with Gasteiger partial charge >= 0.3 is 6.03 Å². The second-order valence-electron chi connectivity index (χ2n) is 4.54. The number of para-hydroxylation sites is 1. The number of aromatic nitrogens is 2. The van der Waals surface area contributed by atoms with E-state index < -0.39 is 6.03 Å².